The number of aromatic nitrogens is 1. The van der Waals surface area contributed by atoms with Gasteiger partial charge in [-0.1, -0.05) is 6.08 Å². The minimum Gasteiger partial charge on any atom is -0.327 e. The molecule has 1 aromatic heterocycles. The highest BCUT2D eigenvalue weighted by atomic mass is 19.1. The van der Waals surface area contributed by atoms with E-state index < -0.39 is 0 Å². The minimum atomic E-state index is -0.278. The van der Waals surface area contributed by atoms with Gasteiger partial charge in [-0.15, -0.1) is 0 Å². The van der Waals surface area contributed by atoms with Crippen molar-refractivity contribution in [3.05, 3.63) is 35.4 Å². The van der Waals surface area contributed by atoms with Crippen LogP contribution in [0.4, 0.5) is 4.39 Å². The van der Waals surface area contributed by atoms with E-state index in [0.29, 0.717) is 12.2 Å². The van der Waals surface area contributed by atoms with Crippen LogP contribution in [-0.2, 0) is 0 Å². The van der Waals surface area contributed by atoms with Gasteiger partial charge in [-0.3, -0.25) is 4.98 Å². The zero-order chi connectivity index (χ0) is 8.97. The van der Waals surface area contributed by atoms with Gasteiger partial charge in [0.25, 0.3) is 0 Å². The van der Waals surface area contributed by atoms with E-state index in [2.05, 4.69) is 4.98 Å². The molecule has 2 nitrogen and oxygen atoms in total. The number of nitrogens with zero attached hydrogens (tertiary/aromatic N) is 1. The first-order chi connectivity index (χ1) is 5.74. The molecule has 0 fully saturated rings. The number of rotatable bonds is 2. The van der Waals surface area contributed by atoms with E-state index in [0.717, 1.165) is 5.69 Å². The third-order valence-electron chi connectivity index (χ3n) is 1.47. The first-order valence-corrected chi connectivity index (χ1v) is 3.74. The quantitative estimate of drug-likeness (QED) is 0.723. The van der Waals surface area contributed by atoms with Gasteiger partial charge in [-0.2, -0.15) is 0 Å². The number of hydrogen-bond donors (Lipinski definition) is 1. The van der Waals surface area contributed by atoms with Gasteiger partial charge in [0, 0.05) is 6.54 Å². The summed E-state index contributed by atoms with van der Waals surface area (Å²) in [6.07, 6.45) is 3.55. The van der Waals surface area contributed by atoms with Gasteiger partial charge >= 0.3 is 0 Å². The third kappa shape index (κ3) is 2.13. The highest BCUT2D eigenvalue weighted by molar-refractivity contribution is 5.44. The number of nitrogens with two attached hydrogens (primary N) is 1. The van der Waals surface area contributed by atoms with E-state index in [1.54, 1.807) is 25.1 Å². The summed E-state index contributed by atoms with van der Waals surface area (Å²) in [7, 11) is 0. The molecule has 0 unspecified atom stereocenters. The molecule has 0 aliphatic heterocycles. The van der Waals surface area contributed by atoms with Crippen molar-refractivity contribution in [2.24, 2.45) is 5.73 Å². The summed E-state index contributed by atoms with van der Waals surface area (Å²) < 4.78 is 12.7. The molecule has 1 aromatic rings. The van der Waals surface area contributed by atoms with Crippen molar-refractivity contribution >= 4 is 6.08 Å². The Morgan fingerprint density at radius 2 is 2.33 bits per heavy atom. The summed E-state index contributed by atoms with van der Waals surface area (Å²) in [6.45, 7) is 2.10. The lowest BCUT2D eigenvalue weighted by Gasteiger charge is -1.96. The molecule has 3 heteroatoms. The topological polar surface area (TPSA) is 38.9 Å². The molecule has 2 N–H and O–H groups in total. The van der Waals surface area contributed by atoms with Crippen LogP contribution >= 0.6 is 0 Å². The van der Waals surface area contributed by atoms with Crippen molar-refractivity contribution in [2.45, 2.75) is 6.92 Å². The van der Waals surface area contributed by atoms with Crippen molar-refractivity contribution in [3.8, 4) is 0 Å². The number of pyridine rings is 1. The average Bonchev–Trinajstić information content (AvgIpc) is 2.07. The molecule has 12 heavy (non-hydrogen) atoms. The number of hydrogen-bond acceptors (Lipinski definition) is 2. The van der Waals surface area contributed by atoms with Gasteiger partial charge in [0.2, 0.25) is 0 Å². The maximum absolute atomic E-state index is 12.7. The second-order valence-corrected chi connectivity index (χ2v) is 2.44. The van der Waals surface area contributed by atoms with E-state index in [9.17, 15) is 4.39 Å². The molecule has 0 aliphatic carbocycles. The first kappa shape index (κ1) is 8.87. The third-order valence-corrected chi connectivity index (χ3v) is 1.47. The molecular formula is C9H11FN2. The van der Waals surface area contributed by atoms with Crippen LogP contribution in [0.15, 0.2) is 18.2 Å². The lowest BCUT2D eigenvalue weighted by molar-refractivity contribution is 0.609. The lowest BCUT2D eigenvalue weighted by Crippen LogP contribution is -1.93. The smallest absolute Gasteiger partial charge is 0.144 e. The zero-order valence-electron chi connectivity index (χ0n) is 6.92. The molecule has 0 aromatic carbocycles. The maximum Gasteiger partial charge on any atom is 0.144 e. The van der Waals surface area contributed by atoms with Crippen molar-refractivity contribution in [3.63, 3.8) is 0 Å². The van der Waals surface area contributed by atoms with E-state index in [1.807, 2.05) is 0 Å². The summed E-state index contributed by atoms with van der Waals surface area (Å²) in [5.74, 6) is -0.278. The van der Waals surface area contributed by atoms with Crippen LogP contribution in [0.3, 0.4) is 0 Å². The van der Waals surface area contributed by atoms with Crippen LogP contribution in [0.2, 0.25) is 0 Å². The van der Waals surface area contributed by atoms with Crippen molar-refractivity contribution in [1.82, 2.24) is 4.98 Å². The Morgan fingerprint density at radius 1 is 1.58 bits per heavy atom. The second-order valence-electron chi connectivity index (χ2n) is 2.44. The first-order valence-electron chi connectivity index (χ1n) is 3.74. The van der Waals surface area contributed by atoms with Gasteiger partial charge < -0.3 is 5.73 Å². The van der Waals surface area contributed by atoms with Gasteiger partial charge in [-0.05, 0) is 25.1 Å². The normalized spacial score (nSPS) is 10.9. The van der Waals surface area contributed by atoms with Gasteiger partial charge in [0.1, 0.15) is 5.82 Å². The zero-order valence-corrected chi connectivity index (χ0v) is 6.92. The predicted molar refractivity (Wildman–Crippen MR) is 47.0 cm³/mol. The van der Waals surface area contributed by atoms with Gasteiger partial charge in [0.05, 0.1) is 11.4 Å². The van der Waals surface area contributed by atoms with Crippen LogP contribution in [0.1, 0.15) is 11.4 Å². The molecule has 0 bridgehead atoms. The monoisotopic (exact) mass is 166 g/mol. The fraction of sp³-hybridized carbons (Fsp3) is 0.222. The molecule has 0 saturated carbocycles. The summed E-state index contributed by atoms with van der Waals surface area (Å²) in [5, 5.41) is 0. The Hall–Kier alpha value is -1.22. The molecule has 0 aliphatic rings. The molecule has 0 spiro atoms. The Kier molecular flexibility index (Phi) is 2.94. The molecule has 1 rings (SSSR count). The average molecular weight is 166 g/mol. The predicted octanol–water partition coefficient (Wildman–Crippen LogP) is 1.50. The standard InChI is InChI=1S/C9H11FN2/c1-7-9(10)5-4-8(12-7)3-2-6-11/h2-5H,6,11H2,1H3. The highest BCUT2D eigenvalue weighted by Gasteiger charge is 1.96. The lowest BCUT2D eigenvalue weighted by atomic mass is 10.3. The Labute approximate surface area is 70.9 Å². The fourth-order valence-corrected chi connectivity index (χ4v) is 0.845. The van der Waals surface area contributed by atoms with Crippen LogP contribution in [-0.4, -0.2) is 11.5 Å². The van der Waals surface area contributed by atoms with Gasteiger partial charge in [-0.25, -0.2) is 4.39 Å². The van der Waals surface area contributed by atoms with Crippen LogP contribution in [0.25, 0.3) is 6.08 Å². The van der Waals surface area contributed by atoms with E-state index >= 15 is 0 Å². The summed E-state index contributed by atoms with van der Waals surface area (Å²) >= 11 is 0. The summed E-state index contributed by atoms with van der Waals surface area (Å²) in [6, 6.07) is 3.02. The van der Waals surface area contributed by atoms with E-state index in [4.69, 9.17) is 5.73 Å². The van der Waals surface area contributed by atoms with Crippen LogP contribution in [0.5, 0.6) is 0 Å². The Morgan fingerprint density at radius 3 is 2.92 bits per heavy atom. The Bertz CT molecular complexity index is 295. The van der Waals surface area contributed by atoms with E-state index in [-0.39, 0.29) is 5.82 Å². The van der Waals surface area contributed by atoms with Crippen molar-refractivity contribution < 1.29 is 4.39 Å². The molecule has 0 amide bonds. The largest absolute Gasteiger partial charge is 0.327 e. The summed E-state index contributed by atoms with van der Waals surface area (Å²) in [4.78, 5) is 3.99. The minimum absolute atomic E-state index is 0.278. The molecule has 1 heterocycles. The molecular weight excluding hydrogens is 155 g/mol. The number of aryl methyl sites for hydroxylation is 1. The van der Waals surface area contributed by atoms with Gasteiger partial charge in [0.15, 0.2) is 0 Å². The molecule has 0 radical (unpaired) electrons. The van der Waals surface area contributed by atoms with Crippen LogP contribution in [0, 0.1) is 12.7 Å². The second kappa shape index (κ2) is 3.97. The SMILES string of the molecule is Cc1nc(C=CCN)ccc1F. The summed E-state index contributed by atoms with van der Waals surface area (Å²) in [5.41, 5.74) is 6.40. The van der Waals surface area contributed by atoms with E-state index in [1.165, 1.54) is 6.07 Å². The number of halogens is 1. The molecule has 64 valence electrons. The highest BCUT2D eigenvalue weighted by Crippen LogP contribution is 2.05. The fourth-order valence-electron chi connectivity index (χ4n) is 0.845. The molecule has 0 atom stereocenters. The van der Waals surface area contributed by atoms with Crippen molar-refractivity contribution in [1.29, 1.82) is 0 Å². The maximum atomic E-state index is 12.7. The Balaban J connectivity index is 2.89. The molecule has 0 saturated heterocycles. The van der Waals surface area contributed by atoms with Crippen LogP contribution < -0.4 is 5.73 Å². The van der Waals surface area contributed by atoms with Crippen molar-refractivity contribution in [2.75, 3.05) is 6.54 Å².